The standard InChI is InChI=1S/C53H33N3S/c1-2-11-38(12-3-1)45-17-9-19-48-50(45)47-31-30-43(33-49(47)57-48)36-22-27-40(28-23-36)52-54-51(55-53(56-52)46-18-8-15-37-13-6-7-16-44(37)46)39-25-20-35(21-26-39)42-29-24-34-10-4-5-14-41(34)32-42/h1-33H. The first-order valence-corrected chi connectivity index (χ1v) is 20.0. The normalized spacial score (nSPS) is 11.5. The lowest BCUT2D eigenvalue weighted by Crippen LogP contribution is -2.00. The van der Waals surface area contributed by atoms with E-state index in [1.807, 2.05) is 11.3 Å². The zero-order chi connectivity index (χ0) is 37.7. The van der Waals surface area contributed by atoms with Crippen LogP contribution in [-0.4, -0.2) is 15.0 Å². The van der Waals surface area contributed by atoms with E-state index in [0.717, 1.165) is 38.6 Å². The zero-order valence-electron chi connectivity index (χ0n) is 30.8. The van der Waals surface area contributed by atoms with Crippen molar-refractivity contribution < 1.29 is 0 Å². The molecule has 0 saturated carbocycles. The van der Waals surface area contributed by atoms with Gasteiger partial charge in [0.2, 0.25) is 0 Å². The molecule has 57 heavy (non-hydrogen) atoms. The van der Waals surface area contributed by atoms with Crippen LogP contribution in [0.3, 0.4) is 0 Å². The molecule has 0 N–H and O–H groups in total. The third kappa shape index (κ3) is 6.04. The van der Waals surface area contributed by atoms with Crippen LogP contribution in [0.1, 0.15) is 0 Å². The fraction of sp³-hybridized carbons (Fsp3) is 0. The number of nitrogens with zero attached hydrogens (tertiary/aromatic N) is 3. The zero-order valence-corrected chi connectivity index (χ0v) is 31.6. The number of rotatable bonds is 6. The summed E-state index contributed by atoms with van der Waals surface area (Å²) in [4.78, 5) is 15.3. The van der Waals surface area contributed by atoms with Crippen molar-refractivity contribution in [2.75, 3.05) is 0 Å². The van der Waals surface area contributed by atoms with E-state index < -0.39 is 0 Å². The maximum absolute atomic E-state index is 5.12. The van der Waals surface area contributed by atoms with Crippen LogP contribution in [0.4, 0.5) is 0 Å². The molecule has 2 heterocycles. The van der Waals surface area contributed by atoms with Gasteiger partial charge in [0.25, 0.3) is 0 Å². The largest absolute Gasteiger partial charge is 0.208 e. The van der Waals surface area contributed by atoms with E-state index in [0.29, 0.717) is 17.5 Å². The summed E-state index contributed by atoms with van der Waals surface area (Å²) in [5.74, 6) is 1.93. The molecule has 0 saturated heterocycles. The fourth-order valence-corrected chi connectivity index (χ4v) is 9.20. The predicted molar refractivity (Wildman–Crippen MR) is 240 cm³/mol. The van der Waals surface area contributed by atoms with Gasteiger partial charge in [0.05, 0.1) is 0 Å². The number of aromatic nitrogens is 3. The van der Waals surface area contributed by atoms with E-state index in [-0.39, 0.29) is 0 Å². The molecule has 4 heteroatoms. The van der Waals surface area contributed by atoms with Gasteiger partial charge < -0.3 is 0 Å². The first-order chi connectivity index (χ1) is 28.2. The summed E-state index contributed by atoms with van der Waals surface area (Å²) < 4.78 is 2.58. The molecule has 0 aliphatic carbocycles. The molecule has 0 amide bonds. The Kier molecular flexibility index (Phi) is 8.01. The van der Waals surface area contributed by atoms with Gasteiger partial charge in [-0.05, 0) is 73.1 Å². The number of hydrogen-bond acceptors (Lipinski definition) is 4. The van der Waals surface area contributed by atoms with Crippen LogP contribution in [-0.2, 0) is 0 Å². The third-order valence-corrected chi connectivity index (χ3v) is 12.1. The van der Waals surface area contributed by atoms with Crippen molar-refractivity contribution in [1.82, 2.24) is 15.0 Å². The van der Waals surface area contributed by atoms with E-state index in [4.69, 9.17) is 15.0 Å². The summed E-state index contributed by atoms with van der Waals surface area (Å²) in [6, 6.07) is 71.1. The van der Waals surface area contributed by atoms with Crippen LogP contribution in [0.5, 0.6) is 0 Å². The highest BCUT2D eigenvalue weighted by atomic mass is 32.1. The molecule has 9 aromatic carbocycles. The molecule has 0 fully saturated rings. The third-order valence-electron chi connectivity index (χ3n) is 11.0. The van der Waals surface area contributed by atoms with E-state index in [2.05, 4.69) is 200 Å². The Morgan fingerprint density at radius 1 is 0.281 bits per heavy atom. The quantitative estimate of drug-likeness (QED) is 0.170. The lowest BCUT2D eigenvalue weighted by atomic mass is 9.98. The monoisotopic (exact) mass is 743 g/mol. The summed E-state index contributed by atoms with van der Waals surface area (Å²) in [6.07, 6.45) is 0. The maximum Gasteiger partial charge on any atom is 0.164 e. The number of benzene rings is 9. The van der Waals surface area contributed by atoms with Crippen molar-refractivity contribution in [2.24, 2.45) is 0 Å². The number of fused-ring (bicyclic) bond motifs is 5. The Hall–Kier alpha value is -7.27. The van der Waals surface area contributed by atoms with Gasteiger partial charge >= 0.3 is 0 Å². The molecule has 0 radical (unpaired) electrons. The van der Waals surface area contributed by atoms with Crippen LogP contribution in [0.15, 0.2) is 200 Å². The lowest BCUT2D eigenvalue weighted by Gasteiger charge is -2.11. The molecule has 0 bridgehead atoms. The molecule has 266 valence electrons. The maximum atomic E-state index is 5.12. The minimum absolute atomic E-state index is 0.640. The molecule has 0 aliphatic heterocycles. The highest BCUT2D eigenvalue weighted by Crippen LogP contribution is 2.41. The van der Waals surface area contributed by atoms with Crippen LogP contribution in [0, 0.1) is 0 Å². The van der Waals surface area contributed by atoms with Crippen molar-refractivity contribution >= 4 is 53.1 Å². The van der Waals surface area contributed by atoms with Crippen molar-refractivity contribution in [3.8, 4) is 67.5 Å². The Morgan fingerprint density at radius 3 is 1.58 bits per heavy atom. The van der Waals surface area contributed by atoms with Crippen molar-refractivity contribution in [2.45, 2.75) is 0 Å². The minimum Gasteiger partial charge on any atom is -0.208 e. The average Bonchev–Trinajstić information content (AvgIpc) is 3.67. The highest BCUT2D eigenvalue weighted by Gasteiger charge is 2.16. The van der Waals surface area contributed by atoms with Crippen LogP contribution < -0.4 is 0 Å². The molecule has 0 spiro atoms. The molecular formula is C53H33N3S. The predicted octanol–water partition coefficient (Wildman–Crippen LogP) is 14.5. The van der Waals surface area contributed by atoms with E-state index in [9.17, 15) is 0 Å². The second-order valence-corrected chi connectivity index (χ2v) is 15.5. The Balaban J connectivity index is 0.974. The van der Waals surface area contributed by atoms with Gasteiger partial charge in [0.1, 0.15) is 0 Å². The fourth-order valence-electron chi connectivity index (χ4n) is 8.03. The number of thiophene rings is 1. The van der Waals surface area contributed by atoms with Crippen LogP contribution >= 0.6 is 11.3 Å². The van der Waals surface area contributed by atoms with Gasteiger partial charge in [0.15, 0.2) is 17.5 Å². The van der Waals surface area contributed by atoms with Gasteiger partial charge in [-0.25, -0.2) is 15.0 Å². The summed E-state index contributed by atoms with van der Waals surface area (Å²) in [7, 11) is 0. The van der Waals surface area contributed by atoms with Gasteiger partial charge in [0, 0.05) is 36.9 Å². The molecule has 11 aromatic rings. The first-order valence-electron chi connectivity index (χ1n) is 19.2. The minimum atomic E-state index is 0.640. The molecule has 3 nitrogen and oxygen atoms in total. The summed E-state index contributed by atoms with van der Waals surface area (Å²) in [6.45, 7) is 0. The van der Waals surface area contributed by atoms with E-state index in [1.54, 1.807) is 0 Å². The molecule has 0 aliphatic rings. The molecule has 2 aromatic heterocycles. The first kappa shape index (κ1) is 33.1. The Labute approximate surface area is 334 Å². The van der Waals surface area contributed by atoms with Crippen LogP contribution in [0.25, 0.3) is 109 Å². The number of hydrogen-bond donors (Lipinski definition) is 0. The lowest BCUT2D eigenvalue weighted by molar-refractivity contribution is 1.08. The average molecular weight is 744 g/mol. The topological polar surface area (TPSA) is 38.7 Å². The molecule has 0 atom stereocenters. The highest BCUT2D eigenvalue weighted by molar-refractivity contribution is 7.26. The van der Waals surface area contributed by atoms with Gasteiger partial charge in [-0.1, -0.05) is 182 Å². The Bertz CT molecular complexity index is 3270. The van der Waals surface area contributed by atoms with Crippen LogP contribution in [0.2, 0.25) is 0 Å². The second-order valence-electron chi connectivity index (χ2n) is 14.4. The van der Waals surface area contributed by atoms with E-state index >= 15 is 0 Å². The van der Waals surface area contributed by atoms with E-state index in [1.165, 1.54) is 53.2 Å². The van der Waals surface area contributed by atoms with Crippen molar-refractivity contribution in [1.29, 1.82) is 0 Å². The molecular weight excluding hydrogens is 711 g/mol. The molecule has 0 unspecified atom stereocenters. The van der Waals surface area contributed by atoms with Gasteiger partial charge in [-0.15, -0.1) is 11.3 Å². The summed E-state index contributed by atoms with van der Waals surface area (Å²) >= 11 is 1.85. The van der Waals surface area contributed by atoms with Gasteiger partial charge in [-0.2, -0.15) is 0 Å². The van der Waals surface area contributed by atoms with Crippen molar-refractivity contribution in [3.63, 3.8) is 0 Å². The Morgan fingerprint density at radius 2 is 0.825 bits per heavy atom. The SMILES string of the molecule is c1ccc(-c2cccc3sc4cc(-c5ccc(-c6nc(-c7ccc(-c8ccc9ccccc9c8)cc7)nc(-c7cccc8ccccc78)n6)cc5)ccc4c23)cc1. The van der Waals surface area contributed by atoms with Gasteiger partial charge in [-0.3, -0.25) is 0 Å². The smallest absolute Gasteiger partial charge is 0.164 e. The summed E-state index contributed by atoms with van der Waals surface area (Å²) in [5.41, 5.74) is 10.0. The summed E-state index contributed by atoms with van der Waals surface area (Å²) in [5, 5.41) is 7.33. The second kappa shape index (κ2) is 13.8. The van der Waals surface area contributed by atoms with Crippen molar-refractivity contribution in [3.05, 3.63) is 200 Å². The molecule has 11 rings (SSSR count).